The summed E-state index contributed by atoms with van der Waals surface area (Å²) in [6.45, 7) is 1.81. The maximum Gasteiger partial charge on any atom is 0.124 e. The fourth-order valence-corrected chi connectivity index (χ4v) is 2.36. The van der Waals surface area contributed by atoms with Gasteiger partial charge in [-0.2, -0.15) is 0 Å². The number of hydrogen-bond donors (Lipinski definition) is 1. The third kappa shape index (κ3) is 5.85. The second-order valence-corrected chi connectivity index (χ2v) is 5.45. The molecule has 5 heteroatoms. The zero-order valence-electron chi connectivity index (χ0n) is 13.7. The van der Waals surface area contributed by atoms with Gasteiger partial charge in [-0.3, -0.25) is 4.98 Å². The normalized spacial score (nSPS) is 10.1. The maximum absolute atomic E-state index is 12.9. The summed E-state index contributed by atoms with van der Waals surface area (Å²) >= 11 is 0. The van der Waals surface area contributed by atoms with Gasteiger partial charge in [-0.15, -0.1) is 12.4 Å². The monoisotopic (exact) mass is 358 g/mol. The summed E-state index contributed by atoms with van der Waals surface area (Å²) in [5.41, 5.74) is 3.02. The lowest BCUT2D eigenvalue weighted by Gasteiger charge is -2.12. The molecule has 2 aromatic carbocycles. The van der Waals surface area contributed by atoms with Gasteiger partial charge in [0.1, 0.15) is 18.2 Å². The second kappa shape index (κ2) is 9.77. The van der Waals surface area contributed by atoms with Crippen LogP contribution in [0.15, 0.2) is 72.9 Å². The lowest BCUT2D eigenvalue weighted by Crippen LogP contribution is -2.14. The average molecular weight is 359 g/mol. The molecule has 130 valence electrons. The predicted octanol–water partition coefficient (Wildman–Crippen LogP) is 4.51. The van der Waals surface area contributed by atoms with Crippen molar-refractivity contribution in [3.63, 3.8) is 0 Å². The van der Waals surface area contributed by atoms with Crippen LogP contribution in [0.5, 0.6) is 5.75 Å². The number of rotatable bonds is 7. The number of pyridine rings is 1. The Balaban J connectivity index is 0.00000225. The van der Waals surface area contributed by atoms with E-state index in [0.29, 0.717) is 19.7 Å². The van der Waals surface area contributed by atoms with Gasteiger partial charge in [0.25, 0.3) is 0 Å². The molecule has 0 unspecified atom stereocenters. The standard InChI is InChI=1S/C20H19FN2O.ClH/c21-18-10-8-16(9-11-18)15-24-20-7-2-1-5-17(20)13-22-14-19-6-3-4-12-23-19;/h1-12,22H,13-15H2;1H. The SMILES string of the molecule is Cl.Fc1ccc(COc2ccccc2CNCc2ccccn2)cc1. The largest absolute Gasteiger partial charge is 0.489 e. The molecule has 1 N–H and O–H groups in total. The Labute approximate surface area is 153 Å². The van der Waals surface area contributed by atoms with Crippen LogP contribution in [-0.4, -0.2) is 4.98 Å². The summed E-state index contributed by atoms with van der Waals surface area (Å²) in [4.78, 5) is 4.29. The Hall–Kier alpha value is -2.43. The van der Waals surface area contributed by atoms with Crippen molar-refractivity contribution in [3.05, 3.63) is 95.6 Å². The number of nitrogens with one attached hydrogen (secondary N) is 1. The van der Waals surface area contributed by atoms with Gasteiger partial charge in [-0.05, 0) is 35.9 Å². The van der Waals surface area contributed by atoms with Crippen LogP contribution < -0.4 is 10.1 Å². The van der Waals surface area contributed by atoms with E-state index in [1.54, 1.807) is 18.3 Å². The lowest BCUT2D eigenvalue weighted by molar-refractivity contribution is 0.302. The van der Waals surface area contributed by atoms with Gasteiger partial charge < -0.3 is 10.1 Å². The lowest BCUT2D eigenvalue weighted by atomic mass is 10.2. The Morgan fingerprint density at radius 1 is 0.880 bits per heavy atom. The molecule has 0 aliphatic carbocycles. The quantitative estimate of drug-likeness (QED) is 0.674. The zero-order valence-corrected chi connectivity index (χ0v) is 14.5. The van der Waals surface area contributed by atoms with Crippen molar-refractivity contribution < 1.29 is 9.13 Å². The smallest absolute Gasteiger partial charge is 0.124 e. The number of ether oxygens (including phenoxy) is 1. The first-order chi connectivity index (χ1) is 11.8. The molecule has 3 nitrogen and oxygen atoms in total. The van der Waals surface area contributed by atoms with Crippen LogP contribution in [0.1, 0.15) is 16.8 Å². The number of para-hydroxylation sites is 1. The number of hydrogen-bond acceptors (Lipinski definition) is 3. The molecule has 0 saturated heterocycles. The number of halogens is 2. The Morgan fingerprint density at radius 3 is 2.40 bits per heavy atom. The van der Waals surface area contributed by atoms with E-state index in [9.17, 15) is 4.39 Å². The minimum atomic E-state index is -0.238. The van der Waals surface area contributed by atoms with E-state index < -0.39 is 0 Å². The molecule has 1 aromatic heterocycles. The molecule has 0 spiro atoms. The van der Waals surface area contributed by atoms with E-state index in [2.05, 4.69) is 10.3 Å². The van der Waals surface area contributed by atoms with Crippen LogP contribution >= 0.6 is 12.4 Å². The summed E-state index contributed by atoms with van der Waals surface area (Å²) in [5.74, 6) is 0.591. The first kappa shape index (κ1) is 18.9. The van der Waals surface area contributed by atoms with Gasteiger partial charge in [0.15, 0.2) is 0 Å². The van der Waals surface area contributed by atoms with Crippen molar-refractivity contribution in [1.82, 2.24) is 10.3 Å². The highest BCUT2D eigenvalue weighted by atomic mass is 35.5. The molecular weight excluding hydrogens is 339 g/mol. The molecule has 25 heavy (non-hydrogen) atoms. The second-order valence-electron chi connectivity index (χ2n) is 5.45. The molecular formula is C20H20ClFN2O. The number of benzene rings is 2. The first-order valence-electron chi connectivity index (χ1n) is 7.87. The molecule has 0 fully saturated rings. The Kier molecular flexibility index (Phi) is 7.38. The molecule has 3 rings (SSSR count). The minimum absolute atomic E-state index is 0. The summed E-state index contributed by atoms with van der Waals surface area (Å²) in [6.07, 6.45) is 1.79. The maximum atomic E-state index is 12.9. The molecule has 0 aliphatic heterocycles. The molecule has 3 aromatic rings. The number of aromatic nitrogens is 1. The van der Waals surface area contributed by atoms with E-state index in [1.165, 1.54) is 12.1 Å². The summed E-state index contributed by atoms with van der Waals surface area (Å²) in [7, 11) is 0. The van der Waals surface area contributed by atoms with Crippen LogP contribution in [0.4, 0.5) is 4.39 Å². The fraction of sp³-hybridized carbons (Fsp3) is 0.150. The summed E-state index contributed by atoms with van der Waals surface area (Å²) in [6, 6.07) is 20.1. The minimum Gasteiger partial charge on any atom is -0.489 e. The Bertz CT molecular complexity index is 766. The van der Waals surface area contributed by atoms with E-state index in [4.69, 9.17) is 4.74 Å². The van der Waals surface area contributed by atoms with Crippen molar-refractivity contribution in [3.8, 4) is 5.75 Å². The first-order valence-corrected chi connectivity index (χ1v) is 7.87. The Morgan fingerprint density at radius 2 is 1.64 bits per heavy atom. The van der Waals surface area contributed by atoms with Gasteiger partial charge in [0, 0.05) is 24.8 Å². The molecule has 0 saturated carbocycles. The van der Waals surface area contributed by atoms with Gasteiger partial charge >= 0.3 is 0 Å². The average Bonchev–Trinajstić information content (AvgIpc) is 2.63. The third-order valence-corrected chi connectivity index (χ3v) is 3.63. The molecule has 1 heterocycles. The van der Waals surface area contributed by atoms with Crippen molar-refractivity contribution in [2.45, 2.75) is 19.7 Å². The van der Waals surface area contributed by atoms with Gasteiger partial charge in [0.2, 0.25) is 0 Å². The van der Waals surface area contributed by atoms with Crippen molar-refractivity contribution in [1.29, 1.82) is 0 Å². The zero-order chi connectivity index (χ0) is 16.6. The van der Waals surface area contributed by atoms with E-state index in [-0.39, 0.29) is 18.2 Å². The number of nitrogens with zero attached hydrogens (tertiary/aromatic N) is 1. The van der Waals surface area contributed by atoms with E-state index in [0.717, 1.165) is 22.6 Å². The van der Waals surface area contributed by atoms with E-state index >= 15 is 0 Å². The van der Waals surface area contributed by atoms with Crippen molar-refractivity contribution in [2.75, 3.05) is 0 Å². The van der Waals surface area contributed by atoms with Crippen molar-refractivity contribution in [2.24, 2.45) is 0 Å². The highest BCUT2D eigenvalue weighted by Gasteiger charge is 2.04. The molecule has 0 amide bonds. The van der Waals surface area contributed by atoms with Gasteiger partial charge in [-0.1, -0.05) is 36.4 Å². The van der Waals surface area contributed by atoms with Crippen LogP contribution in [0.2, 0.25) is 0 Å². The topological polar surface area (TPSA) is 34.1 Å². The fourth-order valence-electron chi connectivity index (χ4n) is 2.36. The van der Waals surface area contributed by atoms with Crippen LogP contribution in [0.3, 0.4) is 0 Å². The highest BCUT2D eigenvalue weighted by Crippen LogP contribution is 2.19. The molecule has 0 bridgehead atoms. The van der Waals surface area contributed by atoms with E-state index in [1.807, 2.05) is 42.5 Å². The van der Waals surface area contributed by atoms with Crippen molar-refractivity contribution >= 4 is 12.4 Å². The van der Waals surface area contributed by atoms with Gasteiger partial charge in [0.05, 0.1) is 5.69 Å². The molecule has 0 aliphatic rings. The summed E-state index contributed by atoms with van der Waals surface area (Å²) < 4.78 is 18.8. The van der Waals surface area contributed by atoms with Gasteiger partial charge in [-0.25, -0.2) is 4.39 Å². The van der Waals surface area contributed by atoms with Crippen LogP contribution in [0.25, 0.3) is 0 Å². The molecule has 0 atom stereocenters. The highest BCUT2D eigenvalue weighted by molar-refractivity contribution is 5.85. The predicted molar refractivity (Wildman–Crippen MR) is 99.2 cm³/mol. The third-order valence-electron chi connectivity index (χ3n) is 3.63. The summed E-state index contributed by atoms with van der Waals surface area (Å²) in [5, 5.41) is 3.37. The van der Waals surface area contributed by atoms with Crippen LogP contribution in [0, 0.1) is 5.82 Å². The molecule has 0 radical (unpaired) electrons. The van der Waals surface area contributed by atoms with Crippen LogP contribution in [-0.2, 0) is 19.7 Å².